The molecule has 2 fully saturated rings. The van der Waals surface area contributed by atoms with Crippen LogP contribution in [0.15, 0.2) is 30.3 Å². The topological polar surface area (TPSA) is 73.0 Å². The van der Waals surface area contributed by atoms with Crippen LogP contribution >= 0.6 is 0 Å². The number of rotatable bonds is 5. The number of carbonyl (C=O) groups is 3. The minimum atomic E-state index is -0.245. The van der Waals surface area contributed by atoms with Crippen LogP contribution in [-0.2, 0) is 9.59 Å². The van der Waals surface area contributed by atoms with E-state index in [9.17, 15) is 14.4 Å². The summed E-state index contributed by atoms with van der Waals surface area (Å²) in [4.78, 5) is 43.3. The zero-order chi connectivity index (χ0) is 19.9. The first-order valence-corrected chi connectivity index (χ1v) is 10.2. The highest BCUT2D eigenvalue weighted by molar-refractivity contribution is 5.96. The third-order valence-electron chi connectivity index (χ3n) is 5.76. The Morgan fingerprint density at radius 3 is 2.18 bits per heavy atom. The van der Waals surface area contributed by atoms with Crippen LogP contribution in [0.1, 0.15) is 30.1 Å². The van der Waals surface area contributed by atoms with Crippen molar-refractivity contribution in [2.45, 2.75) is 19.8 Å². The molecular formula is C21H30N4O3. The third kappa shape index (κ3) is 5.10. The van der Waals surface area contributed by atoms with E-state index in [1.807, 2.05) is 11.0 Å². The number of piperazine rings is 1. The highest BCUT2D eigenvalue weighted by atomic mass is 16.2. The van der Waals surface area contributed by atoms with E-state index in [1.54, 1.807) is 29.2 Å². The van der Waals surface area contributed by atoms with Crippen LogP contribution in [0.3, 0.4) is 0 Å². The van der Waals surface area contributed by atoms with Crippen LogP contribution in [-0.4, -0.2) is 84.8 Å². The summed E-state index contributed by atoms with van der Waals surface area (Å²) in [6.45, 7) is 7.81. The van der Waals surface area contributed by atoms with Gasteiger partial charge in [0.1, 0.15) is 0 Å². The number of nitrogens with zero attached hydrogens (tertiary/aromatic N) is 3. The molecule has 7 heteroatoms. The Morgan fingerprint density at radius 1 is 0.929 bits per heavy atom. The molecule has 3 rings (SSSR count). The van der Waals surface area contributed by atoms with Crippen molar-refractivity contribution in [1.82, 2.24) is 20.0 Å². The lowest BCUT2D eigenvalue weighted by atomic mass is 9.95. The Hall–Kier alpha value is -2.41. The zero-order valence-electron chi connectivity index (χ0n) is 16.6. The second-order valence-electron chi connectivity index (χ2n) is 7.46. The molecule has 28 heavy (non-hydrogen) atoms. The molecule has 0 saturated carbocycles. The molecule has 0 bridgehead atoms. The van der Waals surface area contributed by atoms with Crippen molar-refractivity contribution in [3.63, 3.8) is 0 Å². The fraction of sp³-hybridized carbons (Fsp3) is 0.571. The van der Waals surface area contributed by atoms with E-state index < -0.39 is 0 Å². The van der Waals surface area contributed by atoms with Gasteiger partial charge in [0.25, 0.3) is 5.91 Å². The molecule has 1 aromatic rings. The van der Waals surface area contributed by atoms with Crippen molar-refractivity contribution in [2.75, 3.05) is 52.4 Å². The number of hydrogen-bond donors (Lipinski definition) is 1. The molecule has 0 unspecified atom stereocenters. The first-order valence-electron chi connectivity index (χ1n) is 10.2. The maximum atomic E-state index is 12.7. The van der Waals surface area contributed by atoms with Crippen molar-refractivity contribution in [2.24, 2.45) is 5.92 Å². The molecule has 2 aliphatic rings. The number of benzene rings is 1. The van der Waals surface area contributed by atoms with E-state index in [4.69, 9.17) is 0 Å². The first-order chi connectivity index (χ1) is 13.6. The number of likely N-dealkylation sites (tertiary alicyclic amines) is 1. The number of carbonyl (C=O) groups excluding carboxylic acids is 3. The summed E-state index contributed by atoms with van der Waals surface area (Å²) in [6, 6.07) is 8.87. The van der Waals surface area contributed by atoms with Gasteiger partial charge in [-0.3, -0.25) is 14.4 Å². The molecular weight excluding hydrogens is 356 g/mol. The third-order valence-corrected chi connectivity index (χ3v) is 5.76. The highest BCUT2D eigenvalue weighted by Gasteiger charge is 2.31. The lowest BCUT2D eigenvalue weighted by molar-refractivity contribution is -0.141. The predicted octanol–water partition coefficient (Wildman–Crippen LogP) is 0.819. The standard InChI is InChI=1S/C21H30N4O3/c1-2-23-12-14-25(15-13-23)21(28)18-8-10-24(11-9-18)19(26)16-22-20(27)17-6-4-3-5-7-17/h3-7,18H,2,8-16H2,1H3,(H,22,27). The Balaban J connectivity index is 1.40. The molecule has 152 valence electrons. The molecule has 2 heterocycles. The van der Waals surface area contributed by atoms with Gasteiger partial charge >= 0.3 is 0 Å². The maximum Gasteiger partial charge on any atom is 0.251 e. The normalized spacial score (nSPS) is 18.8. The summed E-state index contributed by atoms with van der Waals surface area (Å²) in [6.07, 6.45) is 1.40. The minimum Gasteiger partial charge on any atom is -0.343 e. The average Bonchev–Trinajstić information content (AvgIpc) is 2.77. The Kier molecular flexibility index (Phi) is 7.03. The SMILES string of the molecule is CCN1CCN(C(=O)C2CCN(C(=O)CNC(=O)c3ccccc3)CC2)CC1. The van der Waals surface area contributed by atoms with Gasteiger partial charge in [0.2, 0.25) is 11.8 Å². The van der Waals surface area contributed by atoms with Gasteiger partial charge in [0.05, 0.1) is 6.54 Å². The molecule has 0 atom stereocenters. The van der Waals surface area contributed by atoms with Crippen LogP contribution in [0.2, 0.25) is 0 Å². The number of amides is 3. The van der Waals surface area contributed by atoms with Gasteiger partial charge in [-0.25, -0.2) is 0 Å². The molecule has 0 aliphatic carbocycles. The largest absolute Gasteiger partial charge is 0.343 e. The first kappa shape index (κ1) is 20.3. The van der Waals surface area contributed by atoms with Gasteiger partial charge < -0.3 is 20.0 Å². The second-order valence-corrected chi connectivity index (χ2v) is 7.46. The molecule has 0 spiro atoms. The van der Waals surface area contributed by atoms with E-state index in [-0.39, 0.29) is 30.2 Å². The molecule has 0 radical (unpaired) electrons. The van der Waals surface area contributed by atoms with Crippen molar-refractivity contribution >= 4 is 17.7 Å². The van der Waals surface area contributed by atoms with Crippen LogP contribution in [0, 0.1) is 5.92 Å². The second kappa shape index (κ2) is 9.68. The maximum absolute atomic E-state index is 12.7. The lowest BCUT2D eigenvalue weighted by Gasteiger charge is -2.38. The van der Waals surface area contributed by atoms with Crippen molar-refractivity contribution in [3.05, 3.63) is 35.9 Å². The van der Waals surface area contributed by atoms with Gasteiger partial charge in [-0.2, -0.15) is 0 Å². The number of likely N-dealkylation sites (N-methyl/N-ethyl adjacent to an activating group) is 1. The van der Waals surface area contributed by atoms with Gasteiger partial charge in [-0.1, -0.05) is 25.1 Å². The van der Waals surface area contributed by atoms with Crippen LogP contribution in [0.25, 0.3) is 0 Å². The summed E-state index contributed by atoms with van der Waals surface area (Å²) in [5.41, 5.74) is 0.544. The Morgan fingerprint density at radius 2 is 1.57 bits per heavy atom. The average molecular weight is 386 g/mol. The van der Waals surface area contributed by atoms with Gasteiger partial charge in [-0.05, 0) is 31.5 Å². The smallest absolute Gasteiger partial charge is 0.251 e. The molecule has 1 aromatic carbocycles. The summed E-state index contributed by atoms with van der Waals surface area (Å²) in [5, 5.41) is 2.68. The van der Waals surface area contributed by atoms with Crippen LogP contribution < -0.4 is 5.32 Å². The lowest BCUT2D eigenvalue weighted by Crippen LogP contribution is -2.52. The summed E-state index contributed by atoms with van der Waals surface area (Å²) < 4.78 is 0. The number of nitrogens with one attached hydrogen (secondary N) is 1. The summed E-state index contributed by atoms with van der Waals surface area (Å²) in [5.74, 6) is -0.0895. The zero-order valence-corrected chi connectivity index (χ0v) is 16.6. The fourth-order valence-corrected chi connectivity index (χ4v) is 3.88. The monoisotopic (exact) mass is 386 g/mol. The minimum absolute atomic E-state index is 0.00861. The van der Waals surface area contributed by atoms with E-state index in [0.29, 0.717) is 31.5 Å². The van der Waals surface area contributed by atoms with Gasteiger partial charge in [-0.15, -0.1) is 0 Å². The van der Waals surface area contributed by atoms with E-state index >= 15 is 0 Å². The molecule has 2 aliphatic heterocycles. The summed E-state index contributed by atoms with van der Waals surface area (Å²) >= 11 is 0. The van der Waals surface area contributed by atoms with Gasteiger partial charge in [0, 0.05) is 50.7 Å². The molecule has 0 aromatic heterocycles. The molecule has 1 N–H and O–H groups in total. The molecule has 7 nitrogen and oxygen atoms in total. The van der Waals surface area contributed by atoms with E-state index in [2.05, 4.69) is 17.1 Å². The fourth-order valence-electron chi connectivity index (χ4n) is 3.88. The van der Waals surface area contributed by atoms with Crippen LogP contribution in [0.5, 0.6) is 0 Å². The van der Waals surface area contributed by atoms with Crippen molar-refractivity contribution in [1.29, 1.82) is 0 Å². The number of hydrogen-bond acceptors (Lipinski definition) is 4. The highest BCUT2D eigenvalue weighted by Crippen LogP contribution is 2.20. The number of piperidine rings is 1. The van der Waals surface area contributed by atoms with Crippen LogP contribution in [0.4, 0.5) is 0 Å². The van der Waals surface area contributed by atoms with E-state index in [1.165, 1.54) is 0 Å². The van der Waals surface area contributed by atoms with E-state index in [0.717, 1.165) is 32.7 Å². The Labute approximate surface area is 166 Å². The molecule has 2 saturated heterocycles. The quantitative estimate of drug-likeness (QED) is 0.813. The van der Waals surface area contributed by atoms with Gasteiger partial charge in [0.15, 0.2) is 0 Å². The molecule has 3 amide bonds. The predicted molar refractivity (Wildman–Crippen MR) is 107 cm³/mol. The van der Waals surface area contributed by atoms with Crippen molar-refractivity contribution < 1.29 is 14.4 Å². The summed E-state index contributed by atoms with van der Waals surface area (Å²) in [7, 11) is 0. The van der Waals surface area contributed by atoms with Crippen molar-refractivity contribution in [3.8, 4) is 0 Å². The Bertz CT molecular complexity index is 678.